The summed E-state index contributed by atoms with van der Waals surface area (Å²) in [7, 11) is 0. The van der Waals surface area contributed by atoms with E-state index < -0.39 is 6.04 Å². The number of fused-ring (bicyclic) bond motifs is 1. The van der Waals surface area contributed by atoms with Gasteiger partial charge in [0.25, 0.3) is 5.91 Å². The summed E-state index contributed by atoms with van der Waals surface area (Å²) < 4.78 is 6.08. The maximum atomic E-state index is 13.1. The van der Waals surface area contributed by atoms with Crippen molar-refractivity contribution >= 4 is 23.4 Å². The molecule has 3 aromatic rings. The molecule has 0 radical (unpaired) electrons. The second kappa shape index (κ2) is 12.7. The van der Waals surface area contributed by atoms with Crippen LogP contribution in [0.4, 0.5) is 5.69 Å². The van der Waals surface area contributed by atoms with Gasteiger partial charge >= 0.3 is 6.01 Å². The van der Waals surface area contributed by atoms with Crippen molar-refractivity contribution in [3.63, 3.8) is 0 Å². The van der Waals surface area contributed by atoms with E-state index in [2.05, 4.69) is 49.4 Å². The van der Waals surface area contributed by atoms with E-state index in [1.54, 1.807) is 4.90 Å². The van der Waals surface area contributed by atoms with E-state index in [0.717, 1.165) is 75.4 Å². The van der Waals surface area contributed by atoms with Crippen LogP contribution < -0.4 is 15.0 Å². The highest BCUT2D eigenvalue weighted by atomic mass is 16.5. The Bertz CT molecular complexity index is 1640. The summed E-state index contributed by atoms with van der Waals surface area (Å²) in [6.45, 7) is 5.09. The van der Waals surface area contributed by atoms with Crippen LogP contribution in [0.2, 0.25) is 0 Å². The van der Waals surface area contributed by atoms with Crippen molar-refractivity contribution in [3.8, 4) is 6.01 Å². The quantitative estimate of drug-likeness (QED) is 0.367. The van der Waals surface area contributed by atoms with Gasteiger partial charge in [-0.15, -0.1) is 0 Å². The van der Waals surface area contributed by atoms with Crippen LogP contribution in [0.15, 0.2) is 48.9 Å². The highest BCUT2D eigenvalue weighted by Crippen LogP contribution is 2.39. The molecular formula is C36H41N7O4. The lowest BCUT2D eigenvalue weighted by molar-refractivity contribution is -0.136. The van der Waals surface area contributed by atoms with Crippen LogP contribution in [0, 0.1) is 0 Å². The van der Waals surface area contributed by atoms with E-state index in [0.29, 0.717) is 36.4 Å². The highest BCUT2D eigenvalue weighted by molar-refractivity contribution is 6.05. The summed E-state index contributed by atoms with van der Waals surface area (Å²) in [6.07, 6.45) is 13.1. The predicted molar refractivity (Wildman–Crippen MR) is 174 cm³/mol. The van der Waals surface area contributed by atoms with Gasteiger partial charge < -0.3 is 14.5 Å². The van der Waals surface area contributed by atoms with Crippen molar-refractivity contribution in [1.29, 1.82) is 0 Å². The van der Waals surface area contributed by atoms with E-state index in [4.69, 9.17) is 9.72 Å². The minimum Gasteiger partial charge on any atom is -0.460 e. The van der Waals surface area contributed by atoms with Crippen LogP contribution in [0.3, 0.4) is 0 Å². The molecular weight excluding hydrogens is 594 g/mol. The molecule has 0 spiro atoms. The first-order valence-corrected chi connectivity index (χ1v) is 17.1. The van der Waals surface area contributed by atoms with Gasteiger partial charge in [-0.2, -0.15) is 0 Å². The lowest BCUT2D eigenvalue weighted by Gasteiger charge is -2.33. The number of imide groups is 1. The number of carbonyl (C=O) groups is 3. The van der Waals surface area contributed by atoms with Crippen molar-refractivity contribution < 1.29 is 19.1 Å². The summed E-state index contributed by atoms with van der Waals surface area (Å²) in [5, 5.41) is 2.38. The van der Waals surface area contributed by atoms with Crippen molar-refractivity contribution in [2.24, 2.45) is 0 Å². The molecule has 3 saturated heterocycles. The first-order chi connectivity index (χ1) is 23.0. The number of anilines is 1. The SMILES string of the molecule is O=C1CCC(N2Cc3cc(C4CCN(Cc5ccc(N6CCC(Oc7ncc(C8CC8)cn7)CC6)cn5)CC4)ccc3C2=O)C(=O)N1. The van der Waals surface area contributed by atoms with Crippen molar-refractivity contribution in [2.75, 3.05) is 31.1 Å². The molecule has 1 unspecified atom stereocenters. The van der Waals surface area contributed by atoms with Crippen molar-refractivity contribution in [2.45, 2.75) is 88.4 Å². The Labute approximate surface area is 274 Å². The Kier molecular flexibility index (Phi) is 8.08. The van der Waals surface area contributed by atoms with Crippen LogP contribution in [-0.4, -0.2) is 80.8 Å². The largest absolute Gasteiger partial charge is 0.460 e. The number of aromatic nitrogens is 3. The number of rotatable bonds is 8. The van der Waals surface area contributed by atoms with Crippen molar-refractivity contribution in [3.05, 3.63) is 76.9 Å². The Morgan fingerprint density at radius 3 is 2.26 bits per heavy atom. The fourth-order valence-corrected chi connectivity index (χ4v) is 7.59. The summed E-state index contributed by atoms with van der Waals surface area (Å²) in [5.41, 5.74) is 6.38. The molecule has 1 aliphatic carbocycles. The van der Waals surface area contributed by atoms with Gasteiger partial charge in [-0.05, 0) is 91.9 Å². The lowest BCUT2D eigenvalue weighted by atomic mass is 9.88. The monoisotopic (exact) mass is 635 g/mol. The van der Waals surface area contributed by atoms with Crippen LogP contribution in [0.25, 0.3) is 0 Å². The number of ether oxygens (including phenoxy) is 1. The molecule has 3 amide bonds. The van der Waals surface area contributed by atoms with E-state index in [1.807, 2.05) is 24.7 Å². The first kappa shape index (κ1) is 30.0. The summed E-state index contributed by atoms with van der Waals surface area (Å²) >= 11 is 0. The van der Waals surface area contributed by atoms with Gasteiger partial charge in [0.1, 0.15) is 12.1 Å². The predicted octanol–water partition coefficient (Wildman–Crippen LogP) is 3.94. The third-order valence-electron chi connectivity index (χ3n) is 10.6. The molecule has 1 saturated carbocycles. The number of amides is 3. The third kappa shape index (κ3) is 6.45. The van der Waals surface area contributed by atoms with Gasteiger partial charge in [-0.25, -0.2) is 9.97 Å². The number of hydrogen-bond donors (Lipinski definition) is 1. The summed E-state index contributed by atoms with van der Waals surface area (Å²) in [4.78, 5) is 57.2. The van der Waals surface area contributed by atoms with Gasteiger partial charge in [0.2, 0.25) is 11.8 Å². The average molecular weight is 636 g/mol. The molecule has 0 bridgehead atoms. The standard InChI is InChI=1S/C36H41N7O4/c44-33-8-7-32(34(45)40-33)43-21-26-17-25(3-6-31(26)35(43)46)24-9-13-41(14-10-24)22-28-4-5-29(20-37-28)42-15-11-30(12-16-42)47-36-38-18-27(19-39-36)23-1-2-23/h3-6,17-20,23-24,30,32H,1-2,7-16,21-22H2,(H,40,44,45). The number of piperidine rings is 3. The second-order valence-corrected chi connectivity index (χ2v) is 13.8. The summed E-state index contributed by atoms with van der Waals surface area (Å²) in [6, 6.07) is 10.4. The molecule has 47 heavy (non-hydrogen) atoms. The van der Waals surface area contributed by atoms with Crippen LogP contribution in [0.1, 0.15) is 95.9 Å². The van der Waals surface area contributed by atoms with Gasteiger partial charge in [0.05, 0.1) is 17.6 Å². The minimum atomic E-state index is -0.579. The number of hydrogen-bond acceptors (Lipinski definition) is 9. The third-order valence-corrected chi connectivity index (χ3v) is 10.6. The molecule has 2 aromatic heterocycles. The summed E-state index contributed by atoms with van der Waals surface area (Å²) in [5.74, 6) is 0.335. The zero-order valence-electron chi connectivity index (χ0n) is 26.6. The highest BCUT2D eigenvalue weighted by Gasteiger charge is 2.39. The van der Waals surface area contributed by atoms with E-state index in [1.165, 1.54) is 24.0 Å². The van der Waals surface area contributed by atoms with E-state index >= 15 is 0 Å². The van der Waals surface area contributed by atoms with Crippen LogP contribution >= 0.6 is 0 Å². The zero-order chi connectivity index (χ0) is 31.9. The topological polar surface area (TPSA) is 121 Å². The maximum Gasteiger partial charge on any atom is 0.316 e. The van der Waals surface area contributed by atoms with Gasteiger partial charge in [0.15, 0.2) is 0 Å². The zero-order valence-corrected chi connectivity index (χ0v) is 26.6. The molecule has 244 valence electrons. The second-order valence-electron chi connectivity index (χ2n) is 13.8. The van der Waals surface area contributed by atoms with Gasteiger partial charge in [0, 0.05) is 63.4 Å². The Morgan fingerprint density at radius 2 is 1.55 bits per heavy atom. The van der Waals surface area contributed by atoms with Crippen LogP contribution in [0.5, 0.6) is 6.01 Å². The fourth-order valence-electron chi connectivity index (χ4n) is 7.59. The number of nitrogens with zero attached hydrogens (tertiary/aromatic N) is 6. The van der Waals surface area contributed by atoms with E-state index in [-0.39, 0.29) is 30.2 Å². The smallest absolute Gasteiger partial charge is 0.316 e. The molecule has 1 aromatic carbocycles. The molecule has 4 fully saturated rings. The maximum absolute atomic E-state index is 13.1. The molecule has 1 N–H and O–H groups in total. The Balaban J connectivity index is 0.797. The Morgan fingerprint density at radius 1 is 0.787 bits per heavy atom. The molecule has 11 heteroatoms. The molecule has 4 aliphatic heterocycles. The number of likely N-dealkylation sites (tertiary alicyclic amines) is 1. The lowest BCUT2D eigenvalue weighted by Crippen LogP contribution is -2.52. The minimum absolute atomic E-state index is 0.118. The van der Waals surface area contributed by atoms with Gasteiger partial charge in [-0.3, -0.25) is 29.6 Å². The number of carbonyl (C=O) groups excluding carboxylic acids is 3. The van der Waals surface area contributed by atoms with Crippen molar-refractivity contribution in [1.82, 2.24) is 30.1 Å². The fraction of sp³-hybridized carbons (Fsp3) is 0.500. The number of pyridine rings is 1. The first-order valence-electron chi connectivity index (χ1n) is 17.1. The number of nitrogens with one attached hydrogen (secondary N) is 1. The van der Waals surface area contributed by atoms with Crippen LogP contribution in [-0.2, 0) is 22.7 Å². The molecule has 5 aliphatic rings. The normalized spacial score (nSPS) is 22.8. The number of benzene rings is 1. The van der Waals surface area contributed by atoms with Gasteiger partial charge in [-0.1, -0.05) is 12.1 Å². The molecule has 6 heterocycles. The van der Waals surface area contributed by atoms with E-state index in [9.17, 15) is 14.4 Å². The molecule has 8 rings (SSSR count). The average Bonchev–Trinajstić information content (AvgIpc) is 3.90. The Hall–Kier alpha value is -4.38. The molecule has 11 nitrogen and oxygen atoms in total. The molecule has 1 atom stereocenters.